The third-order valence-corrected chi connectivity index (χ3v) is 6.24. The molecular weight excluding hydrogens is 411 g/mol. The maximum atomic E-state index is 12.6. The molecule has 1 heterocycles. The predicted molar refractivity (Wildman–Crippen MR) is 110 cm³/mol. The third kappa shape index (κ3) is 6.04. The number of nitrogens with one attached hydrogen (secondary N) is 1. The van der Waals surface area contributed by atoms with Gasteiger partial charge in [-0.3, -0.25) is 9.79 Å². The normalized spacial score (nSPS) is 22.2. The van der Waals surface area contributed by atoms with Gasteiger partial charge in [0.2, 0.25) is 5.91 Å². The van der Waals surface area contributed by atoms with Gasteiger partial charge in [-0.25, -0.2) is 0 Å². The summed E-state index contributed by atoms with van der Waals surface area (Å²) in [7, 11) is 1.96. The van der Waals surface area contributed by atoms with Gasteiger partial charge < -0.3 is 10.2 Å². The van der Waals surface area contributed by atoms with E-state index in [1.807, 2.05) is 7.05 Å². The number of amides is 1. The highest BCUT2D eigenvalue weighted by atomic mass is 35.5. The Morgan fingerprint density at radius 3 is 2.46 bits per heavy atom. The van der Waals surface area contributed by atoms with Crippen LogP contribution in [0.2, 0.25) is 0 Å². The van der Waals surface area contributed by atoms with Crippen LogP contribution in [0.1, 0.15) is 44.1 Å². The zero-order valence-electron chi connectivity index (χ0n) is 15.7. The molecule has 3 rings (SSSR count). The van der Waals surface area contributed by atoms with E-state index in [1.165, 1.54) is 31.4 Å². The fourth-order valence-electron chi connectivity index (χ4n) is 3.40. The minimum Gasteiger partial charge on any atom is -0.350 e. The van der Waals surface area contributed by atoms with Gasteiger partial charge >= 0.3 is 6.18 Å². The van der Waals surface area contributed by atoms with Gasteiger partial charge in [0.25, 0.3) is 0 Å². The van der Waals surface area contributed by atoms with Gasteiger partial charge in [-0.15, -0.1) is 12.4 Å². The van der Waals surface area contributed by atoms with E-state index in [0.29, 0.717) is 11.7 Å². The molecule has 28 heavy (non-hydrogen) atoms. The number of carbonyl (C=O) groups is 1. The lowest BCUT2D eigenvalue weighted by molar-refractivity contribution is -0.137. The van der Waals surface area contributed by atoms with E-state index in [2.05, 4.69) is 10.2 Å². The highest BCUT2D eigenvalue weighted by Crippen LogP contribution is 2.30. The van der Waals surface area contributed by atoms with E-state index < -0.39 is 11.7 Å². The number of amidine groups is 1. The summed E-state index contributed by atoms with van der Waals surface area (Å²) >= 11 is 1.68. The summed E-state index contributed by atoms with van der Waals surface area (Å²) in [5, 5.41) is 3.68. The highest BCUT2D eigenvalue weighted by Gasteiger charge is 2.31. The van der Waals surface area contributed by atoms with Crippen molar-refractivity contribution in [2.45, 2.75) is 56.8 Å². The third-order valence-electron chi connectivity index (χ3n) is 5.04. The molecule has 0 spiro atoms. The summed E-state index contributed by atoms with van der Waals surface area (Å²) in [6.45, 7) is 0. The van der Waals surface area contributed by atoms with Crippen LogP contribution >= 0.6 is 24.2 Å². The van der Waals surface area contributed by atoms with Crippen LogP contribution in [0.4, 0.5) is 18.9 Å². The Kier molecular flexibility index (Phi) is 8.07. The summed E-state index contributed by atoms with van der Waals surface area (Å²) in [6, 6.07) is 4.95. The van der Waals surface area contributed by atoms with E-state index in [9.17, 15) is 18.0 Å². The van der Waals surface area contributed by atoms with Crippen molar-refractivity contribution in [3.8, 4) is 0 Å². The molecule has 2 aliphatic rings. The van der Waals surface area contributed by atoms with Crippen molar-refractivity contribution < 1.29 is 18.0 Å². The maximum absolute atomic E-state index is 12.6. The number of hydrogen-bond acceptors (Lipinski definition) is 3. The Morgan fingerprint density at radius 2 is 1.86 bits per heavy atom. The Labute approximate surface area is 173 Å². The summed E-state index contributed by atoms with van der Waals surface area (Å²) in [6.07, 6.45) is 1.93. The first kappa shape index (κ1) is 22.9. The van der Waals surface area contributed by atoms with Crippen molar-refractivity contribution >= 4 is 40.9 Å². The van der Waals surface area contributed by atoms with Crippen LogP contribution in [0.25, 0.3) is 0 Å². The second-order valence-electron chi connectivity index (χ2n) is 7.11. The van der Waals surface area contributed by atoms with Crippen LogP contribution in [-0.4, -0.2) is 40.9 Å². The second kappa shape index (κ2) is 9.87. The lowest BCUT2D eigenvalue weighted by Crippen LogP contribution is -2.34. The number of carbonyl (C=O) groups excluding carboxylic acids is 1. The molecule has 1 saturated carbocycles. The number of anilines is 1. The first-order valence-electron chi connectivity index (χ1n) is 9.23. The molecule has 1 N–H and O–H groups in total. The van der Waals surface area contributed by atoms with Gasteiger partial charge in [0.05, 0.1) is 11.6 Å². The molecule has 0 aromatic heterocycles. The number of rotatable bonds is 4. The van der Waals surface area contributed by atoms with Crippen molar-refractivity contribution in [3.05, 3.63) is 29.8 Å². The Balaban J connectivity index is 0.00000280. The van der Waals surface area contributed by atoms with Gasteiger partial charge in [0.15, 0.2) is 5.17 Å². The first-order valence-corrected chi connectivity index (χ1v) is 10.2. The van der Waals surface area contributed by atoms with E-state index in [4.69, 9.17) is 4.99 Å². The summed E-state index contributed by atoms with van der Waals surface area (Å²) in [5.41, 5.74) is -0.353. The first-order chi connectivity index (χ1) is 12.8. The molecule has 1 aliphatic carbocycles. The predicted octanol–water partition coefficient (Wildman–Crippen LogP) is 5.19. The number of aliphatic imine (C=N–C) groups is 1. The quantitative estimate of drug-likeness (QED) is 0.707. The largest absolute Gasteiger partial charge is 0.416 e. The average molecular weight is 436 g/mol. The Morgan fingerprint density at radius 1 is 1.21 bits per heavy atom. The van der Waals surface area contributed by atoms with Crippen LogP contribution in [0, 0.1) is 0 Å². The topological polar surface area (TPSA) is 44.7 Å². The van der Waals surface area contributed by atoms with Crippen molar-refractivity contribution in [2.75, 3.05) is 18.1 Å². The fraction of sp³-hybridized carbons (Fsp3) is 0.579. The molecule has 1 aromatic rings. The molecule has 1 saturated heterocycles. The maximum Gasteiger partial charge on any atom is 0.416 e. The average Bonchev–Trinajstić information content (AvgIpc) is 2.95. The molecule has 1 unspecified atom stereocenters. The van der Waals surface area contributed by atoms with Crippen molar-refractivity contribution in [1.82, 2.24) is 4.90 Å². The molecule has 156 valence electrons. The molecule has 1 amide bonds. The summed E-state index contributed by atoms with van der Waals surface area (Å²) in [4.78, 5) is 19.2. The SMILES string of the molecule is CN1C(=NC2CCCCC2)SCC1CC(=O)Nc1ccc(C(F)(F)F)cc1.Cl. The monoisotopic (exact) mass is 435 g/mol. The lowest BCUT2D eigenvalue weighted by atomic mass is 9.96. The molecule has 1 aromatic carbocycles. The van der Waals surface area contributed by atoms with Crippen LogP contribution in [0.15, 0.2) is 29.3 Å². The fourth-order valence-corrected chi connectivity index (χ4v) is 4.66. The van der Waals surface area contributed by atoms with Gasteiger partial charge in [-0.1, -0.05) is 31.0 Å². The standard InChI is InChI=1S/C19H24F3N3OS.ClH/c1-25-16(12-27-18(25)24-14-5-3-2-4-6-14)11-17(26)23-15-9-7-13(8-10-15)19(20,21)22;/h7-10,14,16H,2-6,11-12H2,1H3,(H,23,26);1H. The molecule has 4 nitrogen and oxygen atoms in total. The van der Waals surface area contributed by atoms with Crippen molar-refractivity contribution in [3.63, 3.8) is 0 Å². The van der Waals surface area contributed by atoms with Crippen LogP contribution in [0.5, 0.6) is 0 Å². The minimum atomic E-state index is -4.37. The lowest BCUT2D eigenvalue weighted by Gasteiger charge is -2.23. The minimum absolute atomic E-state index is 0. The molecule has 2 fully saturated rings. The van der Waals surface area contributed by atoms with Gasteiger partial charge in [-0.05, 0) is 37.1 Å². The zero-order valence-corrected chi connectivity index (χ0v) is 17.3. The number of thioether (sulfide) groups is 1. The van der Waals surface area contributed by atoms with Crippen LogP contribution in [0.3, 0.4) is 0 Å². The number of alkyl halides is 3. The van der Waals surface area contributed by atoms with Gasteiger partial charge in [0.1, 0.15) is 0 Å². The summed E-state index contributed by atoms with van der Waals surface area (Å²) in [5.74, 6) is 0.591. The van der Waals surface area contributed by atoms with E-state index in [-0.39, 0.29) is 30.8 Å². The molecular formula is C19H25ClF3N3OS. The van der Waals surface area contributed by atoms with Gasteiger partial charge in [0, 0.05) is 31.0 Å². The Hall–Kier alpha value is -1.41. The number of benzene rings is 1. The molecule has 1 aliphatic heterocycles. The number of halogens is 4. The van der Waals surface area contributed by atoms with E-state index in [0.717, 1.165) is 35.9 Å². The summed E-state index contributed by atoms with van der Waals surface area (Å²) < 4.78 is 37.8. The van der Waals surface area contributed by atoms with Crippen molar-refractivity contribution in [2.24, 2.45) is 4.99 Å². The smallest absolute Gasteiger partial charge is 0.350 e. The molecule has 1 atom stereocenters. The van der Waals surface area contributed by atoms with E-state index >= 15 is 0 Å². The number of hydrogen-bond donors (Lipinski definition) is 1. The number of nitrogens with zero attached hydrogens (tertiary/aromatic N) is 2. The highest BCUT2D eigenvalue weighted by molar-refractivity contribution is 8.14. The second-order valence-corrected chi connectivity index (χ2v) is 8.09. The molecule has 9 heteroatoms. The zero-order chi connectivity index (χ0) is 19.4. The van der Waals surface area contributed by atoms with Gasteiger partial charge in [-0.2, -0.15) is 13.2 Å². The van der Waals surface area contributed by atoms with Crippen LogP contribution in [-0.2, 0) is 11.0 Å². The Bertz CT molecular complexity index is 691. The molecule has 0 radical (unpaired) electrons. The molecule has 0 bridgehead atoms. The van der Waals surface area contributed by atoms with E-state index in [1.54, 1.807) is 11.8 Å². The van der Waals surface area contributed by atoms with Crippen LogP contribution < -0.4 is 5.32 Å². The van der Waals surface area contributed by atoms with Crippen molar-refractivity contribution in [1.29, 1.82) is 0 Å².